The van der Waals surface area contributed by atoms with Crippen LogP contribution in [0.2, 0.25) is 0 Å². The highest BCUT2D eigenvalue weighted by Gasteiger charge is 2.21. The number of aromatic nitrogens is 7. The van der Waals surface area contributed by atoms with Crippen molar-refractivity contribution in [3.05, 3.63) is 73.9 Å². The first-order chi connectivity index (χ1) is 23.0. The van der Waals surface area contributed by atoms with E-state index in [-0.39, 0.29) is 17.2 Å². The summed E-state index contributed by atoms with van der Waals surface area (Å²) >= 11 is 0. The number of anilines is 4. The Balaban J connectivity index is 1.24. The van der Waals surface area contributed by atoms with Gasteiger partial charge in [0.25, 0.3) is 5.56 Å². The summed E-state index contributed by atoms with van der Waals surface area (Å²) in [6.07, 6.45) is 3.76. The Hall–Kier alpha value is -5.73. The quantitative estimate of drug-likeness (QED) is 0.175. The van der Waals surface area contributed by atoms with Crippen molar-refractivity contribution in [3.63, 3.8) is 0 Å². The molecule has 0 atom stereocenters. The van der Waals surface area contributed by atoms with E-state index in [1.54, 1.807) is 38.5 Å². The number of nitrogens with one attached hydrogen (secondary N) is 2. The van der Waals surface area contributed by atoms with Gasteiger partial charge in [0.15, 0.2) is 22.7 Å². The highest BCUT2D eigenvalue weighted by molar-refractivity contribution is 5.81. The molecule has 48 heavy (non-hydrogen) atoms. The largest absolute Gasteiger partial charge is 0.493 e. The van der Waals surface area contributed by atoms with Crippen molar-refractivity contribution < 1.29 is 9.47 Å². The van der Waals surface area contributed by atoms with Crippen LogP contribution in [-0.2, 0) is 21.1 Å². The molecule has 250 valence electrons. The van der Waals surface area contributed by atoms with Crippen molar-refractivity contribution in [2.45, 2.75) is 33.6 Å². The molecule has 0 aliphatic carbocycles. The Bertz CT molecular complexity index is 2140. The van der Waals surface area contributed by atoms with Gasteiger partial charge in [-0.2, -0.15) is 25.0 Å². The van der Waals surface area contributed by atoms with E-state index in [9.17, 15) is 9.59 Å². The molecule has 1 aliphatic heterocycles. The number of fused-ring (bicyclic) bond motifs is 1. The molecule has 5 aromatic rings. The van der Waals surface area contributed by atoms with Crippen LogP contribution in [0.5, 0.6) is 17.5 Å². The average molecular weight is 654 g/mol. The third kappa shape index (κ3) is 6.30. The van der Waals surface area contributed by atoms with E-state index in [1.165, 1.54) is 28.9 Å². The lowest BCUT2D eigenvalue weighted by Gasteiger charge is -2.30. The molecule has 3 aromatic heterocycles. The zero-order chi connectivity index (χ0) is 34.1. The molecular formula is C33H39N11O4. The van der Waals surface area contributed by atoms with Crippen LogP contribution in [0.25, 0.3) is 11.2 Å². The standard InChI is InChI=1S/C33H39N11O4/c1-19-13-15-44(16-14-19)31-38-29(35-23-10-8-9-20(2)21(23)3)37-30(39-31)40-34-18-22-11-12-24(25(17-22)47-7)48-32-36-27-26(41(32)4)28(45)43(6)33(46)42(27)5/h8-12,17-19H,13-16H2,1-7H3,(H2,35,37,38,39,40)/b34-18+. The van der Waals surface area contributed by atoms with Crippen LogP contribution in [-0.4, -0.2) is 60.1 Å². The van der Waals surface area contributed by atoms with Crippen LogP contribution < -0.4 is 36.4 Å². The molecule has 4 heterocycles. The molecule has 0 unspecified atom stereocenters. The Kier molecular flexibility index (Phi) is 8.84. The molecule has 15 heteroatoms. The Morgan fingerprint density at radius 1 is 0.917 bits per heavy atom. The third-order valence-corrected chi connectivity index (χ3v) is 8.74. The zero-order valence-corrected chi connectivity index (χ0v) is 28.1. The third-order valence-electron chi connectivity index (χ3n) is 8.74. The number of methoxy groups -OCH3 is 1. The summed E-state index contributed by atoms with van der Waals surface area (Å²) in [5.41, 5.74) is 6.40. The second kappa shape index (κ2) is 13.2. The molecule has 1 fully saturated rings. The van der Waals surface area contributed by atoms with Crippen LogP contribution in [0.4, 0.5) is 23.5 Å². The van der Waals surface area contributed by atoms with E-state index in [0.29, 0.717) is 40.8 Å². The summed E-state index contributed by atoms with van der Waals surface area (Å²) in [6.45, 7) is 8.13. The van der Waals surface area contributed by atoms with Crippen molar-refractivity contribution >= 4 is 40.9 Å². The van der Waals surface area contributed by atoms with Crippen molar-refractivity contribution in [1.29, 1.82) is 0 Å². The van der Waals surface area contributed by atoms with Crippen LogP contribution in [0, 0.1) is 19.8 Å². The fourth-order valence-electron chi connectivity index (χ4n) is 5.53. The molecule has 2 N–H and O–H groups in total. The lowest BCUT2D eigenvalue weighted by molar-refractivity contribution is 0.363. The number of nitrogens with zero attached hydrogens (tertiary/aromatic N) is 9. The van der Waals surface area contributed by atoms with Crippen LogP contribution >= 0.6 is 0 Å². The molecule has 1 aliphatic rings. The number of piperidine rings is 1. The maximum atomic E-state index is 12.8. The van der Waals surface area contributed by atoms with Gasteiger partial charge in [-0.15, -0.1) is 0 Å². The number of hydrazone groups is 1. The number of hydrogen-bond donors (Lipinski definition) is 2. The van der Waals surface area contributed by atoms with Gasteiger partial charge >= 0.3 is 11.7 Å². The van der Waals surface area contributed by atoms with Crippen LogP contribution in [0.3, 0.4) is 0 Å². The van der Waals surface area contributed by atoms with Crippen molar-refractivity contribution in [2.24, 2.45) is 32.2 Å². The monoisotopic (exact) mass is 653 g/mol. The van der Waals surface area contributed by atoms with Crippen molar-refractivity contribution in [1.82, 2.24) is 33.6 Å². The van der Waals surface area contributed by atoms with Gasteiger partial charge in [0, 0.05) is 39.9 Å². The summed E-state index contributed by atoms with van der Waals surface area (Å²) in [7, 11) is 6.15. The summed E-state index contributed by atoms with van der Waals surface area (Å²) in [5.74, 6) is 2.76. The minimum Gasteiger partial charge on any atom is -0.493 e. The predicted octanol–water partition coefficient (Wildman–Crippen LogP) is 4.00. The SMILES string of the molecule is COc1cc(/C=N/Nc2nc(Nc3cccc(C)c3C)nc(N3CCC(C)CC3)n2)ccc1Oc1nc2c(c(=O)n(C)c(=O)n2C)n1C. The number of hydrogen-bond acceptors (Lipinski definition) is 12. The van der Waals surface area contributed by atoms with Gasteiger partial charge in [0.05, 0.1) is 13.3 Å². The van der Waals surface area contributed by atoms with E-state index in [4.69, 9.17) is 14.5 Å². The fourth-order valence-corrected chi connectivity index (χ4v) is 5.53. The zero-order valence-electron chi connectivity index (χ0n) is 28.1. The normalized spacial score (nSPS) is 13.8. The van der Waals surface area contributed by atoms with Gasteiger partial charge in [0.1, 0.15) is 0 Å². The van der Waals surface area contributed by atoms with E-state index >= 15 is 0 Å². The van der Waals surface area contributed by atoms with E-state index in [1.807, 2.05) is 12.1 Å². The van der Waals surface area contributed by atoms with Crippen molar-refractivity contribution in [3.8, 4) is 17.5 Å². The molecule has 0 saturated carbocycles. The number of aryl methyl sites for hydroxylation is 3. The van der Waals surface area contributed by atoms with Gasteiger partial charge in [-0.05, 0) is 73.6 Å². The van der Waals surface area contributed by atoms with Crippen LogP contribution in [0.1, 0.15) is 36.5 Å². The number of benzene rings is 2. The van der Waals surface area contributed by atoms with Gasteiger partial charge in [-0.25, -0.2) is 10.2 Å². The highest BCUT2D eigenvalue weighted by Crippen LogP contribution is 2.32. The second-order valence-electron chi connectivity index (χ2n) is 12.0. The second-order valence-corrected chi connectivity index (χ2v) is 12.0. The van der Waals surface area contributed by atoms with Gasteiger partial charge in [-0.1, -0.05) is 19.1 Å². The van der Waals surface area contributed by atoms with E-state index < -0.39 is 11.2 Å². The molecule has 15 nitrogen and oxygen atoms in total. The smallest absolute Gasteiger partial charge is 0.332 e. The highest BCUT2D eigenvalue weighted by atomic mass is 16.5. The Morgan fingerprint density at radius 3 is 2.42 bits per heavy atom. The van der Waals surface area contributed by atoms with Crippen molar-refractivity contribution in [2.75, 3.05) is 35.8 Å². The Morgan fingerprint density at radius 2 is 1.67 bits per heavy atom. The lowest BCUT2D eigenvalue weighted by atomic mass is 10.00. The number of rotatable bonds is 9. The van der Waals surface area contributed by atoms with Crippen LogP contribution in [0.15, 0.2) is 51.1 Å². The first-order valence-corrected chi connectivity index (χ1v) is 15.7. The summed E-state index contributed by atoms with van der Waals surface area (Å²) in [6, 6.07) is 11.4. The average Bonchev–Trinajstić information content (AvgIpc) is 3.41. The predicted molar refractivity (Wildman–Crippen MR) is 185 cm³/mol. The summed E-state index contributed by atoms with van der Waals surface area (Å²) in [4.78, 5) is 45.8. The van der Waals surface area contributed by atoms with E-state index in [2.05, 4.69) is 62.5 Å². The summed E-state index contributed by atoms with van der Waals surface area (Å²) in [5, 5.41) is 7.76. The topological polar surface area (TPSA) is 159 Å². The molecule has 2 aromatic carbocycles. The molecule has 6 rings (SSSR count). The minimum atomic E-state index is -0.477. The van der Waals surface area contributed by atoms with Gasteiger partial charge in [-0.3, -0.25) is 18.5 Å². The van der Waals surface area contributed by atoms with E-state index in [0.717, 1.165) is 41.7 Å². The van der Waals surface area contributed by atoms with Gasteiger partial charge < -0.3 is 19.7 Å². The maximum Gasteiger partial charge on any atom is 0.332 e. The fraction of sp³-hybridized carbons (Fsp3) is 0.364. The minimum absolute atomic E-state index is 0.128. The molecule has 1 saturated heterocycles. The molecular weight excluding hydrogens is 614 g/mol. The first kappa shape index (κ1) is 32.2. The molecule has 0 radical (unpaired) electrons. The number of imidazole rings is 1. The maximum absolute atomic E-state index is 12.8. The first-order valence-electron chi connectivity index (χ1n) is 15.7. The lowest BCUT2D eigenvalue weighted by Crippen LogP contribution is -2.37. The van der Waals surface area contributed by atoms with Gasteiger partial charge in [0.2, 0.25) is 17.8 Å². The molecule has 0 amide bonds. The molecule has 0 spiro atoms. The number of ether oxygens (including phenoxy) is 2. The molecule has 0 bridgehead atoms. The summed E-state index contributed by atoms with van der Waals surface area (Å²) < 4.78 is 15.5. The Labute approximate surface area is 276 Å².